The first-order chi connectivity index (χ1) is 14.7. The molecule has 1 aliphatic heterocycles. The van der Waals surface area contributed by atoms with Crippen LogP contribution in [0.4, 0.5) is 10.5 Å². The molecular formula is C22H25N5O4. The maximum Gasteiger partial charge on any atom is 0.332 e. The number of carbonyl (C=O) groups is 2. The third-order valence-electron chi connectivity index (χ3n) is 5.68. The molecule has 0 atom stereocenters. The minimum absolute atomic E-state index is 0.290. The number of anilines is 1. The number of imide groups is 1. The van der Waals surface area contributed by atoms with E-state index in [1.165, 1.54) is 11.1 Å². The molecule has 1 aromatic carbocycles. The normalized spacial score (nSPS) is 15.8. The Bertz CT molecular complexity index is 1130. The fourth-order valence-corrected chi connectivity index (χ4v) is 3.73. The Morgan fingerprint density at radius 3 is 2.61 bits per heavy atom. The second kappa shape index (κ2) is 7.57. The van der Waals surface area contributed by atoms with Crippen LogP contribution in [0.5, 0.6) is 5.75 Å². The second-order valence-electron chi connectivity index (χ2n) is 8.12. The van der Waals surface area contributed by atoms with Crippen molar-refractivity contribution in [1.29, 1.82) is 0 Å². The predicted octanol–water partition coefficient (Wildman–Crippen LogP) is 3.29. The fourth-order valence-electron chi connectivity index (χ4n) is 3.73. The number of hydrogen-bond acceptors (Lipinski definition) is 6. The zero-order valence-corrected chi connectivity index (χ0v) is 18.2. The third kappa shape index (κ3) is 3.56. The van der Waals surface area contributed by atoms with E-state index < -0.39 is 5.54 Å². The van der Waals surface area contributed by atoms with Crippen molar-refractivity contribution in [2.24, 2.45) is 0 Å². The van der Waals surface area contributed by atoms with Gasteiger partial charge < -0.3 is 14.2 Å². The minimum Gasteiger partial charge on any atom is -0.497 e. The van der Waals surface area contributed by atoms with Crippen molar-refractivity contribution < 1.29 is 18.8 Å². The molecule has 0 bridgehead atoms. The van der Waals surface area contributed by atoms with Gasteiger partial charge in [-0.05, 0) is 45.4 Å². The monoisotopic (exact) mass is 423 g/mol. The molecular weight excluding hydrogens is 398 g/mol. The average Bonchev–Trinajstić information content (AvgIpc) is 3.37. The molecule has 3 amide bonds. The Kier molecular flexibility index (Phi) is 5.04. The van der Waals surface area contributed by atoms with E-state index in [0.717, 1.165) is 16.8 Å². The Labute approximate surface area is 180 Å². The summed E-state index contributed by atoms with van der Waals surface area (Å²) in [4.78, 5) is 29.2. The lowest BCUT2D eigenvalue weighted by Crippen LogP contribution is -2.43. The van der Waals surface area contributed by atoms with Crippen LogP contribution < -0.4 is 9.64 Å². The van der Waals surface area contributed by atoms with Crippen molar-refractivity contribution in [1.82, 2.24) is 19.8 Å². The molecule has 0 radical (unpaired) electrons. The number of aromatic nitrogens is 3. The summed E-state index contributed by atoms with van der Waals surface area (Å²) < 4.78 is 12.1. The molecule has 31 heavy (non-hydrogen) atoms. The van der Waals surface area contributed by atoms with Crippen LogP contribution in [-0.2, 0) is 17.9 Å². The van der Waals surface area contributed by atoms with Gasteiger partial charge in [-0.2, -0.15) is 5.10 Å². The van der Waals surface area contributed by atoms with Crippen molar-refractivity contribution >= 4 is 17.6 Å². The minimum atomic E-state index is -0.996. The largest absolute Gasteiger partial charge is 0.497 e. The molecule has 0 aliphatic carbocycles. The molecule has 0 spiro atoms. The molecule has 0 N–H and O–H groups in total. The average molecular weight is 423 g/mol. The molecule has 2 aromatic heterocycles. The van der Waals surface area contributed by atoms with Gasteiger partial charge in [-0.3, -0.25) is 9.48 Å². The molecule has 3 aromatic rings. The van der Waals surface area contributed by atoms with E-state index in [2.05, 4.69) is 10.3 Å². The summed E-state index contributed by atoms with van der Waals surface area (Å²) in [7, 11) is 1.59. The van der Waals surface area contributed by atoms with Gasteiger partial charge >= 0.3 is 6.03 Å². The summed E-state index contributed by atoms with van der Waals surface area (Å²) in [5.74, 6) is 1.12. The lowest BCUT2D eigenvalue weighted by molar-refractivity contribution is -0.123. The summed E-state index contributed by atoms with van der Waals surface area (Å²) in [6, 6.07) is 7.08. The molecule has 3 heterocycles. The Hall–Kier alpha value is -3.62. The molecule has 1 fully saturated rings. The van der Waals surface area contributed by atoms with Crippen molar-refractivity contribution in [3.63, 3.8) is 0 Å². The van der Waals surface area contributed by atoms with Gasteiger partial charge in [-0.25, -0.2) is 9.69 Å². The highest BCUT2D eigenvalue weighted by atomic mass is 16.5. The Morgan fingerprint density at radius 1 is 1.16 bits per heavy atom. The zero-order valence-electron chi connectivity index (χ0n) is 18.2. The van der Waals surface area contributed by atoms with E-state index in [-0.39, 0.29) is 11.9 Å². The topological polar surface area (TPSA) is 93.7 Å². The number of hydrogen-bond donors (Lipinski definition) is 0. The third-order valence-corrected chi connectivity index (χ3v) is 5.68. The number of urea groups is 1. The summed E-state index contributed by atoms with van der Waals surface area (Å²) in [5, 5.41) is 8.28. The van der Waals surface area contributed by atoms with Gasteiger partial charge in [0.25, 0.3) is 5.91 Å². The van der Waals surface area contributed by atoms with Gasteiger partial charge in [-0.1, -0.05) is 17.3 Å². The molecule has 9 heteroatoms. The van der Waals surface area contributed by atoms with Gasteiger partial charge in [0.05, 0.1) is 31.2 Å². The summed E-state index contributed by atoms with van der Waals surface area (Å²) in [5.41, 5.74) is 2.03. The summed E-state index contributed by atoms with van der Waals surface area (Å²) >= 11 is 0. The van der Waals surface area contributed by atoms with Crippen molar-refractivity contribution in [3.8, 4) is 5.75 Å². The maximum absolute atomic E-state index is 13.3. The van der Waals surface area contributed by atoms with Gasteiger partial charge in [-0.15, -0.1) is 0 Å². The van der Waals surface area contributed by atoms with Crippen LogP contribution in [0.25, 0.3) is 0 Å². The van der Waals surface area contributed by atoms with Crippen LogP contribution in [-0.4, -0.2) is 44.4 Å². The molecule has 162 valence electrons. The smallest absolute Gasteiger partial charge is 0.332 e. The summed E-state index contributed by atoms with van der Waals surface area (Å²) in [6.45, 7) is 7.94. The molecule has 1 saturated heterocycles. The molecule has 0 unspecified atom stereocenters. The number of ether oxygens (including phenoxy) is 1. The van der Waals surface area contributed by atoms with Crippen LogP contribution in [0.1, 0.15) is 36.4 Å². The highest BCUT2D eigenvalue weighted by Crippen LogP contribution is 2.33. The number of methoxy groups -OCH3 is 1. The molecule has 0 saturated carbocycles. The number of benzene rings is 1. The van der Waals surface area contributed by atoms with Crippen LogP contribution in [0.2, 0.25) is 0 Å². The highest BCUT2D eigenvalue weighted by Gasteiger charge is 2.52. The van der Waals surface area contributed by atoms with E-state index >= 15 is 0 Å². The van der Waals surface area contributed by atoms with E-state index in [0.29, 0.717) is 30.3 Å². The van der Waals surface area contributed by atoms with Gasteiger partial charge in [0, 0.05) is 18.3 Å². The lowest BCUT2D eigenvalue weighted by atomic mass is 10.0. The first-order valence-corrected chi connectivity index (χ1v) is 9.95. The van der Waals surface area contributed by atoms with Crippen LogP contribution in [0.15, 0.2) is 41.2 Å². The maximum atomic E-state index is 13.3. The number of aryl methyl sites for hydroxylation is 2. The van der Waals surface area contributed by atoms with Gasteiger partial charge in [0.15, 0.2) is 0 Å². The zero-order chi connectivity index (χ0) is 22.3. The van der Waals surface area contributed by atoms with Crippen molar-refractivity contribution in [2.45, 2.75) is 46.3 Å². The van der Waals surface area contributed by atoms with Crippen LogP contribution in [0, 0.1) is 13.8 Å². The SMILES string of the molecule is COc1cccc(CN2C(=O)N(c3cnn(Cc4c(C)noc4C)c3)C(=O)C2(C)C)c1. The standard InChI is InChI=1S/C22H25N5O4/c1-14-19(15(2)31-24-14)13-25-12-17(10-23-25)27-20(28)22(3,4)26(21(27)29)11-16-7-6-8-18(9-16)30-5/h6-10,12H,11,13H2,1-5H3. The number of rotatable bonds is 6. The van der Waals surface area contributed by atoms with E-state index in [1.54, 1.807) is 36.7 Å². The van der Waals surface area contributed by atoms with E-state index in [4.69, 9.17) is 9.26 Å². The number of nitrogens with zero attached hydrogens (tertiary/aromatic N) is 5. The number of carbonyl (C=O) groups excluding carboxylic acids is 2. The highest BCUT2D eigenvalue weighted by molar-refractivity contribution is 6.22. The fraction of sp³-hybridized carbons (Fsp3) is 0.364. The van der Waals surface area contributed by atoms with Gasteiger partial charge in [0.2, 0.25) is 0 Å². The van der Waals surface area contributed by atoms with E-state index in [1.807, 2.05) is 38.1 Å². The quantitative estimate of drug-likeness (QED) is 0.565. The predicted molar refractivity (Wildman–Crippen MR) is 113 cm³/mol. The van der Waals surface area contributed by atoms with Crippen molar-refractivity contribution in [2.75, 3.05) is 12.0 Å². The van der Waals surface area contributed by atoms with E-state index in [9.17, 15) is 9.59 Å². The molecule has 1 aliphatic rings. The first kappa shape index (κ1) is 20.6. The van der Waals surface area contributed by atoms with Gasteiger partial charge in [0.1, 0.15) is 17.0 Å². The Balaban J connectivity index is 1.59. The molecule has 4 rings (SSSR count). The van der Waals surface area contributed by atoms with Crippen LogP contribution in [0.3, 0.4) is 0 Å². The second-order valence-corrected chi connectivity index (χ2v) is 8.12. The van der Waals surface area contributed by atoms with Crippen LogP contribution >= 0.6 is 0 Å². The molecule has 9 nitrogen and oxygen atoms in total. The first-order valence-electron chi connectivity index (χ1n) is 9.95. The number of amides is 3. The Morgan fingerprint density at radius 2 is 1.94 bits per heavy atom. The lowest BCUT2D eigenvalue weighted by Gasteiger charge is -2.27. The van der Waals surface area contributed by atoms with Crippen molar-refractivity contribution in [3.05, 3.63) is 59.2 Å². The summed E-state index contributed by atoms with van der Waals surface area (Å²) in [6.07, 6.45) is 3.21.